The lowest BCUT2D eigenvalue weighted by atomic mass is 10.1. The van der Waals surface area contributed by atoms with Crippen LogP contribution in [0.4, 0.5) is 5.69 Å². The van der Waals surface area contributed by atoms with Gasteiger partial charge in [0.25, 0.3) is 0 Å². The van der Waals surface area contributed by atoms with Gasteiger partial charge >= 0.3 is 0 Å². The van der Waals surface area contributed by atoms with Crippen LogP contribution in [0.5, 0.6) is 0 Å². The van der Waals surface area contributed by atoms with Crippen LogP contribution in [-0.2, 0) is 0 Å². The Morgan fingerprint density at radius 1 is 1.11 bits per heavy atom. The first-order valence-corrected chi connectivity index (χ1v) is 10.2. The van der Waals surface area contributed by atoms with Crippen molar-refractivity contribution in [2.24, 2.45) is 10.9 Å². The predicted molar refractivity (Wildman–Crippen MR) is 115 cm³/mol. The summed E-state index contributed by atoms with van der Waals surface area (Å²) in [4.78, 5) is 9.54. The number of nitrogens with two attached hydrogens (primary N) is 1. The number of rotatable bonds is 5. The van der Waals surface area contributed by atoms with Gasteiger partial charge in [-0.05, 0) is 43.9 Å². The summed E-state index contributed by atoms with van der Waals surface area (Å²) < 4.78 is 6.32. The van der Waals surface area contributed by atoms with Crippen molar-refractivity contribution in [3.05, 3.63) is 53.4 Å². The highest BCUT2D eigenvalue weighted by Gasteiger charge is 2.16. The number of hydrogen-bond acceptors (Lipinski definition) is 3. The second-order valence-corrected chi connectivity index (χ2v) is 7.83. The monoisotopic (exact) mass is 374 g/mol. The molecule has 4 rings (SSSR count). The Bertz CT molecular complexity index is 1170. The van der Waals surface area contributed by atoms with Crippen LogP contribution in [0, 0.1) is 12.8 Å². The molecule has 0 radical (unpaired) electrons. The molecule has 4 nitrogen and oxygen atoms in total. The summed E-state index contributed by atoms with van der Waals surface area (Å²) in [6.45, 7) is 10.5. The summed E-state index contributed by atoms with van der Waals surface area (Å²) >= 11 is 0. The van der Waals surface area contributed by atoms with Crippen molar-refractivity contribution < 1.29 is 9.73 Å². The molecular formula is C24H28N3O+. The van der Waals surface area contributed by atoms with Gasteiger partial charge in [-0.2, -0.15) is 0 Å². The highest BCUT2D eigenvalue weighted by Crippen LogP contribution is 2.32. The van der Waals surface area contributed by atoms with Crippen molar-refractivity contribution in [3.63, 3.8) is 0 Å². The smallest absolute Gasteiger partial charge is 0.159 e. The average Bonchev–Trinajstić information content (AvgIpc) is 2.67. The Hall–Kier alpha value is -2.72. The Morgan fingerprint density at radius 2 is 1.89 bits per heavy atom. The quantitative estimate of drug-likeness (QED) is 0.316. The van der Waals surface area contributed by atoms with E-state index in [2.05, 4.69) is 67.5 Å². The minimum atomic E-state index is 0.697. The molecule has 0 atom stereocenters. The summed E-state index contributed by atoms with van der Waals surface area (Å²) in [7, 11) is 0. The fourth-order valence-corrected chi connectivity index (χ4v) is 3.71. The van der Waals surface area contributed by atoms with Crippen molar-refractivity contribution in [3.8, 4) is 11.5 Å². The molecule has 4 heteroatoms. The number of fused-ring (bicyclic) bond motifs is 4. The molecule has 1 aliphatic heterocycles. The third kappa shape index (κ3) is 3.52. The topological polar surface area (TPSA) is 55.0 Å². The van der Waals surface area contributed by atoms with Gasteiger partial charge in [0, 0.05) is 29.4 Å². The fourth-order valence-electron chi connectivity index (χ4n) is 3.71. The van der Waals surface area contributed by atoms with Gasteiger partial charge in [-0.1, -0.05) is 32.0 Å². The van der Waals surface area contributed by atoms with Crippen LogP contribution in [-0.4, -0.2) is 18.1 Å². The molecule has 28 heavy (non-hydrogen) atoms. The molecule has 144 valence electrons. The summed E-state index contributed by atoms with van der Waals surface area (Å²) in [5.41, 5.74) is 4.97. The molecule has 0 bridgehead atoms. The van der Waals surface area contributed by atoms with Gasteiger partial charge < -0.3 is 9.73 Å². The molecule has 0 aromatic heterocycles. The normalized spacial score (nSPS) is 12.7. The van der Waals surface area contributed by atoms with E-state index in [4.69, 9.17) is 9.40 Å². The first-order valence-electron chi connectivity index (χ1n) is 10.2. The molecule has 1 aliphatic carbocycles. The second kappa shape index (κ2) is 7.72. The number of aryl methyl sites for hydroxylation is 1. The first-order chi connectivity index (χ1) is 13.6. The molecule has 1 heterocycles. The van der Waals surface area contributed by atoms with Crippen LogP contribution in [0.1, 0.15) is 32.8 Å². The van der Waals surface area contributed by atoms with Gasteiger partial charge in [-0.25, -0.2) is 4.98 Å². The SMILES string of the molecule is CCN=c1cc2oc3cc([NH2+]CCC(C)C)c4ccccc4c3nc-2cc1C. The molecule has 2 aliphatic rings. The van der Waals surface area contributed by atoms with Gasteiger partial charge in [-0.15, -0.1) is 0 Å². The van der Waals surface area contributed by atoms with E-state index in [1.165, 1.54) is 17.5 Å². The summed E-state index contributed by atoms with van der Waals surface area (Å²) in [5.74, 6) is 1.48. The van der Waals surface area contributed by atoms with E-state index >= 15 is 0 Å². The van der Waals surface area contributed by atoms with Crippen molar-refractivity contribution in [1.29, 1.82) is 0 Å². The zero-order valence-electron chi connectivity index (χ0n) is 17.1. The minimum Gasteiger partial charge on any atom is -0.452 e. The molecule has 0 saturated heterocycles. The number of quaternary nitrogens is 1. The highest BCUT2D eigenvalue weighted by atomic mass is 16.3. The third-order valence-corrected chi connectivity index (χ3v) is 5.18. The van der Waals surface area contributed by atoms with E-state index in [1.807, 2.05) is 13.0 Å². The standard InChI is InChI=1S/C24H27N3O/c1-5-25-19-13-22-21(12-16(19)4)27-24-18-9-7-6-8-17(18)20(14-23(24)28-22)26-11-10-15(2)3/h6-9,12-15,26H,5,10-11H2,1-4H3/p+1. The molecule has 2 aromatic rings. The maximum absolute atomic E-state index is 6.32. The summed E-state index contributed by atoms with van der Waals surface area (Å²) in [6.07, 6.45) is 1.18. The zero-order chi connectivity index (χ0) is 19.7. The predicted octanol–water partition coefficient (Wildman–Crippen LogP) is 4.56. The van der Waals surface area contributed by atoms with E-state index < -0.39 is 0 Å². The third-order valence-electron chi connectivity index (χ3n) is 5.18. The molecule has 0 unspecified atom stereocenters. The Labute approximate surface area is 165 Å². The Morgan fingerprint density at radius 3 is 2.64 bits per heavy atom. The van der Waals surface area contributed by atoms with E-state index in [1.54, 1.807) is 0 Å². The van der Waals surface area contributed by atoms with E-state index in [0.29, 0.717) is 5.92 Å². The van der Waals surface area contributed by atoms with Crippen LogP contribution in [0.15, 0.2) is 51.9 Å². The van der Waals surface area contributed by atoms with Crippen LogP contribution in [0.25, 0.3) is 33.3 Å². The highest BCUT2D eigenvalue weighted by molar-refractivity contribution is 6.08. The number of aromatic nitrogens is 1. The lowest BCUT2D eigenvalue weighted by molar-refractivity contribution is -0.571. The number of hydrogen-bond donors (Lipinski definition) is 1. The molecular weight excluding hydrogens is 346 g/mol. The maximum atomic E-state index is 6.32. The summed E-state index contributed by atoms with van der Waals surface area (Å²) in [6, 6.07) is 14.7. The van der Waals surface area contributed by atoms with Crippen LogP contribution in [0.2, 0.25) is 0 Å². The average molecular weight is 375 g/mol. The minimum absolute atomic E-state index is 0.697. The van der Waals surface area contributed by atoms with Crippen LogP contribution in [0.3, 0.4) is 0 Å². The largest absolute Gasteiger partial charge is 0.452 e. The summed E-state index contributed by atoms with van der Waals surface area (Å²) in [5, 5.41) is 5.68. The first kappa shape index (κ1) is 18.6. The van der Waals surface area contributed by atoms with Crippen molar-refractivity contribution >= 4 is 27.6 Å². The number of benzene rings is 3. The van der Waals surface area contributed by atoms with Crippen LogP contribution < -0.4 is 10.7 Å². The van der Waals surface area contributed by atoms with E-state index in [-0.39, 0.29) is 0 Å². The van der Waals surface area contributed by atoms with E-state index in [9.17, 15) is 0 Å². The molecule has 0 spiro atoms. The van der Waals surface area contributed by atoms with Crippen molar-refractivity contribution in [1.82, 2.24) is 4.98 Å². The molecule has 0 fully saturated rings. The lowest BCUT2D eigenvalue weighted by Crippen LogP contribution is -2.78. The molecule has 2 aromatic carbocycles. The van der Waals surface area contributed by atoms with Crippen molar-refractivity contribution in [2.75, 3.05) is 13.1 Å². The van der Waals surface area contributed by atoms with Gasteiger partial charge in [-0.3, -0.25) is 4.99 Å². The fraction of sp³-hybridized carbons (Fsp3) is 0.333. The van der Waals surface area contributed by atoms with Gasteiger partial charge in [0.15, 0.2) is 11.3 Å². The van der Waals surface area contributed by atoms with Crippen LogP contribution >= 0.6 is 0 Å². The Balaban J connectivity index is 1.94. The Kier molecular flexibility index (Phi) is 5.14. The van der Waals surface area contributed by atoms with Gasteiger partial charge in [0.1, 0.15) is 16.9 Å². The molecule has 0 saturated carbocycles. The van der Waals surface area contributed by atoms with Crippen molar-refractivity contribution in [2.45, 2.75) is 34.1 Å². The number of nitrogens with zero attached hydrogens (tertiary/aromatic N) is 2. The second-order valence-electron chi connectivity index (χ2n) is 7.83. The van der Waals surface area contributed by atoms with E-state index in [0.717, 1.165) is 52.0 Å². The lowest BCUT2D eigenvalue weighted by Gasteiger charge is -2.12. The maximum Gasteiger partial charge on any atom is 0.159 e. The van der Waals surface area contributed by atoms with Gasteiger partial charge in [0.2, 0.25) is 0 Å². The van der Waals surface area contributed by atoms with Gasteiger partial charge in [0.05, 0.1) is 11.9 Å². The molecule has 0 amide bonds. The zero-order valence-corrected chi connectivity index (χ0v) is 17.1. The molecule has 2 N–H and O–H groups in total.